The summed E-state index contributed by atoms with van der Waals surface area (Å²) in [6.07, 6.45) is 0. The number of carbonyl (C=O) groups excluding carboxylic acids is 1. The summed E-state index contributed by atoms with van der Waals surface area (Å²) >= 11 is 0. The van der Waals surface area contributed by atoms with Crippen LogP contribution in [-0.4, -0.2) is 58.6 Å². The van der Waals surface area contributed by atoms with E-state index in [1.165, 1.54) is 12.1 Å². The number of carbonyl (C=O) groups is 1. The third-order valence-electron chi connectivity index (χ3n) is 5.22. The van der Waals surface area contributed by atoms with E-state index in [1.54, 1.807) is 31.9 Å². The number of ether oxygens (including phenoxy) is 1. The number of sulfonamides is 1. The number of anilines is 1. The first-order valence-corrected chi connectivity index (χ1v) is 12.0. The Morgan fingerprint density at radius 3 is 2.39 bits per heavy atom. The number of benzene rings is 2. The van der Waals surface area contributed by atoms with Crippen LogP contribution in [0.5, 0.6) is 0 Å². The summed E-state index contributed by atoms with van der Waals surface area (Å²) in [5.74, 6) is -0.212. The molecule has 0 spiro atoms. The lowest BCUT2D eigenvalue weighted by Crippen LogP contribution is -2.36. The summed E-state index contributed by atoms with van der Waals surface area (Å²) < 4.78 is 33.0. The molecule has 1 heterocycles. The van der Waals surface area contributed by atoms with Crippen molar-refractivity contribution in [2.45, 2.75) is 38.3 Å². The molecule has 1 N–H and O–H groups in total. The van der Waals surface area contributed by atoms with Crippen molar-refractivity contribution in [1.82, 2.24) is 9.62 Å². The second-order valence-electron chi connectivity index (χ2n) is 8.18. The average Bonchev–Trinajstić information content (AvgIpc) is 2.73. The maximum absolute atomic E-state index is 13.1. The van der Waals surface area contributed by atoms with Gasteiger partial charge in [-0.1, -0.05) is 18.2 Å². The van der Waals surface area contributed by atoms with Gasteiger partial charge in [-0.15, -0.1) is 0 Å². The number of nitrogens with one attached hydrogen (secondary N) is 1. The molecule has 0 saturated carbocycles. The Kier molecular flexibility index (Phi) is 7.35. The van der Waals surface area contributed by atoms with Gasteiger partial charge >= 0.3 is 0 Å². The zero-order valence-corrected chi connectivity index (χ0v) is 19.4. The third kappa shape index (κ3) is 5.84. The van der Waals surface area contributed by atoms with Crippen LogP contribution in [-0.2, 0) is 21.3 Å². The smallest absolute Gasteiger partial charge is 0.254 e. The molecular formula is C23H31N3O4S. The summed E-state index contributed by atoms with van der Waals surface area (Å²) in [7, 11) is -1.94. The molecule has 168 valence electrons. The first kappa shape index (κ1) is 23.2. The molecule has 0 aliphatic carbocycles. The van der Waals surface area contributed by atoms with Gasteiger partial charge in [-0.2, -0.15) is 0 Å². The van der Waals surface area contributed by atoms with Crippen molar-refractivity contribution in [3.63, 3.8) is 0 Å². The fourth-order valence-corrected chi connectivity index (χ4v) is 4.84. The molecule has 1 fully saturated rings. The van der Waals surface area contributed by atoms with E-state index in [0.717, 1.165) is 43.1 Å². The highest BCUT2D eigenvalue weighted by Crippen LogP contribution is 2.20. The number of hydrogen-bond acceptors (Lipinski definition) is 5. The average molecular weight is 446 g/mol. The van der Waals surface area contributed by atoms with Gasteiger partial charge in [0.25, 0.3) is 5.91 Å². The molecule has 1 amide bonds. The molecule has 0 bridgehead atoms. The van der Waals surface area contributed by atoms with Crippen LogP contribution in [0, 0.1) is 6.92 Å². The van der Waals surface area contributed by atoms with Crippen LogP contribution in [0.15, 0.2) is 47.4 Å². The van der Waals surface area contributed by atoms with E-state index in [4.69, 9.17) is 4.74 Å². The molecule has 31 heavy (non-hydrogen) atoms. The molecule has 8 heteroatoms. The van der Waals surface area contributed by atoms with Crippen LogP contribution in [0.3, 0.4) is 0 Å². The van der Waals surface area contributed by atoms with Gasteiger partial charge in [0, 0.05) is 44.0 Å². The molecule has 1 aliphatic heterocycles. The van der Waals surface area contributed by atoms with Gasteiger partial charge in [0.15, 0.2) is 0 Å². The predicted molar refractivity (Wildman–Crippen MR) is 122 cm³/mol. The highest BCUT2D eigenvalue weighted by molar-refractivity contribution is 7.89. The van der Waals surface area contributed by atoms with E-state index in [0.29, 0.717) is 12.1 Å². The maximum Gasteiger partial charge on any atom is 0.254 e. The van der Waals surface area contributed by atoms with Gasteiger partial charge in [-0.05, 0) is 56.2 Å². The van der Waals surface area contributed by atoms with E-state index in [-0.39, 0.29) is 16.8 Å². The Morgan fingerprint density at radius 2 is 1.77 bits per heavy atom. The Bertz CT molecular complexity index is 1010. The second kappa shape index (κ2) is 9.80. The largest absolute Gasteiger partial charge is 0.378 e. The van der Waals surface area contributed by atoms with Crippen LogP contribution in [0.4, 0.5) is 5.69 Å². The standard InChI is InChI=1S/C23H31N3O4S/c1-17(2)24-31(28,29)21-10-5-18(3)22(15-21)23(27)25(4)16-19-6-8-20(9-7-19)26-11-13-30-14-12-26/h5-10,15,17,24H,11-14,16H2,1-4H3. The minimum Gasteiger partial charge on any atom is -0.378 e. The van der Waals surface area contributed by atoms with Gasteiger partial charge in [-0.25, -0.2) is 13.1 Å². The summed E-state index contributed by atoms with van der Waals surface area (Å²) in [6.45, 7) is 8.99. The molecule has 0 unspecified atom stereocenters. The summed E-state index contributed by atoms with van der Waals surface area (Å²) in [5.41, 5.74) is 3.28. The zero-order chi connectivity index (χ0) is 22.6. The van der Waals surface area contributed by atoms with Crippen LogP contribution in [0.1, 0.15) is 35.3 Å². The molecule has 7 nitrogen and oxygen atoms in total. The predicted octanol–water partition coefficient (Wildman–Crippen LogP) is 2.79. The van der Waals surface area contributed by atoms with Crippen molar-refractivity contribution >= 4 is 21.6 Å². The fourth-order valence-electron chi connectivity index (χ4n) is 3.56. The van der Waals surface area contributed by atoms with Crippen LogP contribution >= 0.6 is 0 Å². The van der Waals surface area contributed by atoms with E-state index in [2.05, 4.69) is 21.8 Å². The Morgan fingerprint density at radius 1 is 1.13 bits per heavy atom. The summed E-state index contributed by atoms with van der Waals surface area (Å²) in [4.78, 5) is 17.1. The molecule has 2 aromatic carbocycles. The molecular weight excluding hydrogens is 414 g/mol. The van der Waals surface area contributed by atoms with E-state index >= 15 is 0 Å². The van der Waals surface area contributed by atoms with Crippen molar-refractivity contribution in [1.29, 1.82) is 0 Å². The molecule has 1 aliphatic rings. The first-order valence-electron chi connectivity index (χ1n) is 10.5. The van der Waals surface area contributed by atoms with Gasteiger partial charge in [0.2, 0.25) is 10.0 Å². The fraction of sp³-hybridized carbons (Fsp3) is 0.435. The number of morpholine rings is 1. The first-order chi connectivity index (χ1) is 14.7. The topological polar surface area (TPSA) is 79.0 Å². The molecule has 3 rings (SSSR count). The van der Waals surface area contributed by atoms with Crippen molar-refractivity contribution < 1.29 is 17.9 Å². The minimum atomic E-state index is -3.67. The van der Waals surface area contributed by atoms with Gasteiger partial charge in [0.1, 0.15) is 0 Å². The molecule has 2 aromatic rings. The van der Waals surface area contributed by atoms with Crippen molar-refractivity contribution in [2.24, 2.45) is 0 Å². The number of rotatable bonds is 7. The van der Waals surface area contributed by atoms with E-state index < -0.39 is 10.0 Å². The van der Waals surface area contributed by atoms with Crippen LogP contribution in [0.25, 0.3) is 0 Å². The normalized spacial score (nSPS) is 14.7. The van der Waals surface area contributed by atoms with Crippen molar-refractivity contribution in [3.05, 3.63) is 59.2 Å². The molecule has 1 saturated heterocycles. The lowest BCUT2D eigenvalue weighted by atomic mass is 10.1. The van der Waals surface area contributed by atoms with E-state index in [9.17, 15) is 13.2 Å². The SMILES string of the molecule is Cc1ccc(S(=O)(=O)NC(C)C)cc1C(=O)N(C)Cc1ccc(N2CCOCC2)cc1. The summed E-state index contributed by atoms with van der Waals surface area (Å²) in [6, 6.07) is 12.6. The lowest BCUT2D eigenvalue weighted by molar-refractivity contribution is 0.0784. The monoisotopic (exact) mass is 445 g/mol. The zero-order valence-electron chi connectivity index (χ0n) is 18.6. The lowest BCUT2D eigenvalue weighted by Gasteiger charge is -2.29. The van der Waals surface area contributed by atoms with Crippen molar-refractivity contribution in [2.75, 3.05) is 38.3 Å². The molecule has 0 atom stereocenters. The van der Waals surface area contributed by atoms with E-state index in [1.807, 2.05) is 19.1 Å². The number of amides is 1. The Labute approximate surface area is 185 Å². The van der Waals surface area contributed by atoms with Crippen molar-refractivity contribution in [3.8, 4) is 0 Å². The maximum atomic E-state index is 13.1. The summed E-state index contributed by atoms with van der Waals surface area (Å²) in [5, 5.41) is 0. The third-order valence-corrected chi connectivity index (χ3v) is 6.88. The quantitative estimate of drug-likeness (QED) is 0.709. The molecule has 0 aromatic heterocycles. The minimum absolute atomic E-state index is 0.0958. The number of aryl methyl sites for hydroxylation is 1. The van der Waals surface area contributed by atoms with Crippen LogP contribution in [0.2, 0.25) is 0 Å². The highest BCUT2D eigenvalue weighted by atomic mass is 32.2. The van der Waals surface area contributed by atoms with Gasteiger partial charge in [0.05, 0.1) is 18.1 Å². The van der Waals surface area contributed by atoms with Gasteiger partial charge in [-0.3, -0.25) is 4.79 Å². The Hall–Kier alpha value is -2.42. The Balaban J connectivity index is 1.73. The second-order valence-corrected chi connectivity index (χ2v) is 9.89. The van der Waals surface area contributed by atoms with Gasteiger partial charge < -0.3 is 14.5 Å². The highest BCUT2D eigenvalue weighted by Gasteiger charge is 2.21. The molecule has 0 radical (unpaired) electrons. The number of nitrogens with zero attached hydrogens (tertiary/aromatic N) is 2. The van der Waals surface area contributed by atoms with Crippen LogP contribution < -0.4 is 9.62 Å². The number of hydrogen-bond donors (Lipinski definition) is 1.